The summed E-state index contributed by atoms with van der Waals surface area (Å²) in [6.07, 6.45) is 0. The number of rotatable bonds is 2. The molecule has 154 valence electrons. The van der Waals surface area contributed by atoms with E-state index in [1.165, 1.54) is 43.4 Å². The summed E-state index contributed by atoms with van der Waals surface area (Å²) in [7, 11) is 0. The molecule has 0 saturated heterocycles. The Morgan fingerprint density at radius 2 is 1.18 bits per heavy atom. The highest BCUT2D eigenvalue weighted by Gasteiger charge is 2.10. The first kappa shape index (κ1) is 18.2. The Hall–Kier alpha value is -4.43. The Labute approximate surface area is 191 Å². The van der Waals surface area contributed by atoms with Crippen LogP contribution in [-0.2, 0) is 0 Å². The van der Waals surface area contributed by atoms with Crippen LogP contribution in [0.5, 0.6) is 0 Å². The number of nitrogens with zero attached hydrogens (tertiary/aromatic N) is 1. The number of nitrogens with one attached hydrogen (secondary N) is 1. The number of benzene rings is 6. The fraction of sp³-hybridized carbons (Fsp3) is 0. The third-order valence-corrected chi connectivity index (χ3v) is 6.56. The predicted molar refractivity (Wildman–Crippen MR) is 139 cm³/mol. The van der Waals surface area contributed by atoms with Gasteiger partial charge in [0, 0.05) is 5.56 Å². The Morgan fingerprint density at radius 1 is 0.485 bits per heavy atom. The Kier molecular flexibility index (Phi) is 3.88. The van der Waals surface area contributed by atoms with E-state index in [2.05, 4.69) is 120 Å². The van der Waals surface area contributed by atoms with Crippen molar-refractivity contribution in [3.05, 3.63) is 115 Å². The van der Waals surface area contributed by atoms with Crippen LogP contribution in [0.25, 0.3) is 65.9 Å². The molecule has 0 saturated carbocycles. The molecule has 1 N–H and O–H groups in total. The number of imidazole rings is 1. The molecule has 0 radical (unpaired) electrons. The molecule has 33 heavy (non-hydrogen) atoms. The lowest BCUT2D eigenvalue weighted by atomic mass is 9.98. The van der Waals surface area contributed by atoms with Gasteiger partial charge < -0.3 is 4.98 Å². The van der Waals surface area contributed by atoms with E-state index in [0.717, 1.165) is 22.4 Å². The third kappa shape index (κ3) is 3.00. The summed E-state index contributed by atoms with van der Waals surface area (Å²) < 4.78 is 0. The van der Waals surface area contributed by atoms with E-state index in [4.69, 9.17) is 4.98 Å². The van der Waals surface area contributed by atoms with Crippen LogP contribution >= 0.6 is 0 Å². The standard InChI is InChI=1S/C31H20N2/c1-2-8-22-17-26-18-25(13-12-23(26)16-21(22)7-1)31-32-29-15-14-24(19-30(29)33-31)28-11-5-9-20-6-3-4-10-27(20)28/h1-19H,(H,32,33). The smallest absolute Gasteiger partial charge is 0.138 e. The summed E-state index contributed by atoms with van der Waals surface area (Å²) in [5.41, 5.74) is 5.56. The van der Waals surface area contributed by atoms with Gasteiger partial charge in [-0.1, -0.05) is 84.9 Å². The van der Waals surface area contributed by atoms with Crippen LogP contribution in [0.4, 0.5) is 0 Å². The number of aromatic nitrogens is 2. The zero-order chi connectivity index (χ0) is 21.8. The van der Waals surface area contributed by atoms with Gasteiger partial charge in [0.1, 0.15) is 5.82 Å². The highest BCUT2D eigenvalue weighted by Crippen LogP contribution is 2.32. The van der Waals surface area contributed by atoms with Crippen LogP contribution in [0.2, 0.25) is 0 Å². The SMILES string of the molecule is c1ccc2cc3cc(-c4nc5ccc(-c6cccc7ccccc67)cc5[nH]4)ccc3cc2c1. The minimum atomic E-state index is 0.898. The van der Waals surface area contributed by atoms with Crippen LogP contribution in [0.1, 0.15) is 0 Å². The fourth-order valence-electron chi connectivity index (χ4n) is 4.88. The van der Waals surface area contributed by atoms with Crippen molar-refractivity contribution in [2.24, 2.45) is 0 Å². The van der Waals surface area contributed by atoms with Gasteiger partial charge in [0.05, 0.1) is 11.0 Å². The molecule has 7 rings (SSSR count). The van der Waals surface area contributed by atoms with Crippen molar-refractivity contribution >= 4 is 43.4 Å². The molecule has 0 atom stereocenters. The lowest BCUT2D eigenvalue weighted by Gasteiger charge is -2.06. The zero-order valence-electron chi connectivity index (χ0n) is 17.9. The normalized spacial score (nSPS) is 11.6. The van der Waals surface area contributed by atoms with E-state index < -0.39 is 0 Å². The van der Waals surface area contributed by atoms with Crippen molar-refractivity contribution in [2.75, 3.05) is 0 Å². The average molecular weight is 421 g/mol. The van der Waals surface area contributed by atoms with Crippen LogP contribution in [0.3, 0.4) is 0 Å². The molecule has 0 bridgehead atoms. The number of aromatic amines is 1. The van der Waals surface area contributed by atoms with E-state index in [-0.39, 0.29) is 0 Å². The highest BCUT2D eigenvalue weighted by atomic mass is 14.9. The van der Waals surface area contributed by atoms with Gasteiger partial charge in [0.2, 0.25) is 0 Å². The molecule has 7 aromatic rings. The molecular formula is C31H20N2. The van der Waals surface area contributed by atoms with Crippen molar-refractivity contribution in [3.63, 3.8) is 0 Å². The van der Waals surface area contributed by atoms with Gasteiger partial charge in [-0.2, -0.15) is 0 Å². The van der Waals surface area contributed by atoms with Crippen molar-refractivity contribution in [1.82, 2.24) is 9.97 Å². The number of hydrogen-bond acceptors (Lipinski definition) is 1. The van der Waals surface area contributed by atoms with Crippen molar-refractivity contribution < 1.29 is 0 Å². The summed E-state index contributed by atoms with van der Waals surface area (Å²) in [5.74, 6) is 0.898. The zero-order valence-corrected chi connectivity index (χ0v) is 17.9. The topological polar surface area (TPSA) is 28.7 Å². The van der Waals surface area contributed by atoms with Crippen molar-refractivity contribution in [2.45, 2.75) is 0 Å². The molecule has 2 nitrogen and oxygen atoms in total. The van der Waals surface area contributed by atoms with Gasteiger partial charge in [-0.25, -0.2) is 4.98 Å². The summed E-state index contributed by atoms with van der Waals surface area (Å²) in [4.78, 5) is 8.45. The maximum absolute atomic E-state index is 4.89. The monoisotopic (exact) mass is 420 g/mol. The molecular weight excluding hydrogens is 400 g/mol. The summed E-state index contributed by atoms with van der Waals surface area (Å²) in [6, 6.07) is 41.1. The molecule has 1 aromatic heterocycles. The molecule has 0 unspecified atom stereocenters. The Balaban J connectivity index is 1.34. The van der Waals surface area contributed by atoms with Gasteiger partial charge in [-0.05, 0) is 73.8 Å². The van der Waals surface area contributed by atoms with E-state index in [1.807, 2.05) is 0 Å². The molecule has 0 fully saturated rings. The molecule has 2 heteroatoms. The van der Waals surface area contributed by atoms with E-state index in [0.29, 0.717) is 0 Å². The van der Waals surface area contributed by atoms with E-state index in [1.54, 1.807) is 0 Å². The number of fused-ring (bicyclic) bond motifs is 4. The lowest BCUT2D eigenvalue weighted by Crippen LogP contribution is -1.82. The quantitative estimate of drug-likeness (QED) is 0.280. The number of hydrogen-bond donors (Lipinski definition) is 1. The predicted octanol–water partition coefficient (Wildman–Crippen LogP) is 8.36. The van der Waals surface area contributed by atoms with Crippen LogP contribution < -0.4 is 0 Å². The van der Waals surface area contributed by atoms with Gasteiger partial charge in [0.15, 0.2) is 0 Å². The Morgan fingerprint density at radius 3 is 2.06 bits per heavy atom. The first-order valence-electron chi connectivity index (χ1n) is 11.2. The van der Waals surface area contributed by atoms with Crippen LogP contribution in [0, 0.1) is 0 Å². The molecule has 0 aliphatic carbocycles. The fourth-order valence-corrected chi connectivity index (χ4v) is 4.88. The van der Waals surface area contributed by atoms with Crippen LogP contribution in [0.15, 0.2) is 115 Å². The summed E-state index contributed by atoms with van der Waals surface area (Å²) in [6.45, 7) is 0. The molecule has 0 spiro atoms. The maximum atomic E-state index is 4.89. The van der Waals surface area contributed by atoms with Crippen molar-refractivity contribution in [1.29, 1.82) is 0 Å². The van der Waals surface area contributed by atoms with Gasteiger partial charge in [-0.3, -0.25) is 0 Å². The Bertz CT molecular complexity index is 1820. The lowest BCUT2D eigenvalue weighted by molar-refractivity contribution is 1.34. The summed E-state index contributed by atoms with van der Waals surface area (Å²) >= 11 is 0. The molecule has 1 heterocycles. The minimum absolute atomic E-state index is 0.898. The second-order valence-corrected chi connectivity index (χ2v) is 8.61. The first-order valence-corrected chi connectivity index (χ1v) is 11.2. The van der Waals surface area contributed by atoms with E-state index >= 15 is 0 Å². The second kappa shape index (κ2) is 7.04. The van der Waals surface area contributed by atoms with Gasteiger partial charge in [0.25, 0.3) is 0 Å². The largest absolute Gasteiger partial charge is 0.338 e. The molecule has 0 amide bonds. The summed E-state index contributed by atoms with van der Waals surface area (Å²) in [5, 5.41) is 7.51. The average Bonchev–Trinajstić information content (AvgIpc) is 3.30. The molecule has 6 aromatic carbocycles. The van der Waals surface area contributed by atoms with Gasteiger partial charge in [-0.15, -0.1) is 0 Å². The highest BCUT2D eigenvalue weighted by molar-refractivity contribution is 6.00. The van der Waals surface area contributed by atoms with Gasteiger partial charge >= 0.3 is 0 Å². The maximum Gasteiger partial charge on any atom is 0.138 e. The minimum Gasteiger partial charge on any atom is -0.338 e. The third-order valence-electron chi connectivity index (χ3n) is 6.56. The van der Waals surface area contributed by atoms with Crippen molar-refractivity contribution in [3.8, 4) is 22.5 Å². The van der Waals surface area contributed by atoms with Crippen LogP contribution in [-0.4, -0.2) is 9.97 Å². The van der Waals surface area contributed by atoms with E-state index in [9.17, 15) is 0 Å². The number of H-pyrrole nitrogens is 1. The molecule has 0 aliphatic heterocycles. The molecule has 0 aliphatic rings. The first-order chi connectivity index (χ1) is 16.3. The second-order valence-electron chi connectivity index (χ2n) is 8.61.